The Bertz CT molecular complexity index is 507. The molecule has 0 saturated heterocycles. The van der Waals surface area contributed by atoms with Crippen LogP contribution in [0.25, 0.3) is 0 Å². The fourth-order valence-corrected chi connectivity index (χ4v) is 1.72. The summed E-state index contributed by atoms with van der Waals surface area (Å²) in [7, 11) is 3.58. The lowest BCUT2D eigenvalue weighted by atomic mass is 10.0. The van der Waals surface area contributed by atoms with Crippen molar-refractivity contribution in [1.29, 1.82) is 10.7 Å². The van der Waals surface area contributed by atoms with Gasteiger partial charge in [-0.1, -0.05) is 6.92 Å². The minimum atomic E-state index is 0.162. The first-order chi connectivity index (χ1) is 7.98. The second-order valence-electron chi connectivity index (χ2n) is 5.01. The molecule has 1 aromatic heterocycles. The van der Waals surface area contributed by atoms with Gasteiger partial charge in [0, 0.05) is 25.2 Å². The summed E-state index contributed by atoms with van der Waals surface area (Å²) in [5.74, 6) is 0.285. The number of nitrogens with zero attached hydrogens (tertiary/aromatic N) is 3. The van der Waals surface area contributed by atoms with Crippen LogP contribution in [-0.4, -0.2) is 29.8 Å². The average molecular weight is 228 g/mol. The Morgan fingerprint density at radius 3 is 2.59 bits per heavy atom. The van der Waals surface area contributed by atoms with Crippen LogP contribution >= 0.6 is 0 Å². The number of hydrogen-bond acceptors (Lipinski definition) is 3. The lowest BCUT2D eigenvalue weighted by Crippen LogP contribution is -2.25. The topological polar surface area (TPSA) is 63.8 Å². The van der Waals surface area contributed by atoms with Crippen LogP contribution in [0.3, 0.4) is 0 Å². The van der Waals surface area contributed by atoms with Crippen LogP contribution in [0.5, 0.6) is 0 Å². The van der Waals surface area contributed by atoms with Crippen molar-refractivity contribution in [3.63, 3.8) is 0 Å². The molecule has 88 valence electrons. The summed E-state index contributed by atoms with van der Waals surface area (Å²) >= 11 is 0. The molecule has 17 heavy (non-hydrogen) atoms. The van der Waals surface area contributed by atoms with Crippen LogP contribution in [-0.2, 0) is 5.41 Å². The molecule has 0 amide bonds. The van der Waals surface area contributed by atoms with Crippen molar-refractivity contribution in [2.45, 2.75) is 25.2 Å². The summed E-state index contributed by atoms with van der Waals surface area (Å²) in [6.07, 6.45) is 2.28. The Hall–Kier alpha value is -1.89. The fraction of sp³-hybridized carbons (Fsp3) is 0.462. The van der Waals surface area contributed by atoms with E-state index < -0.39 is 0 Å². The van der Waals surface area contributed by atoms with Crippen molar-refractivity contribution in [1.82, 2.24) is 9.88 Å². The SMILES string of the molecule is CN(C)C(=N)c1nc(C2(C)CC2)ccc1C#N. The molecule has 0 bridgehead atoms. The van der Waals surface area contributed by atoms with Crippen LogP contribution < -0.4 is 0 Å². The monoisotopic (exact) mass is 228 g/mol. The molecule has 0 atom stereocenters. The number of nitriles is 1. The summed E-state index contributed by atoms with van der Waals surface area (Å²) < 4.78 is 0. The molecule has 1 heterocycles. The Morgan fingerprint density at radius 2 is 2.12 bits per heavy atom. The van der Waals surface area contributed by atoms with Gasteiger partial charge in [-0.3, -0.25) is 5.41 Å². The zero-order valence-electron chi connectivity index (χ0n) is 10.4. The van der Waals surface area contributed by atoms with Gasteiger partial charge in [0.15, 0.2) is 0 Å². The molecule has 0 aromatic carbocycles. The summed E-state index contributed by atoms with van der Waals surface area (Å²) in [4.78, 5) is 6.18. The Kier molecular flexibility index (Phi) is 2.62. The van der Waals surface area contributed by atoms with E-state index in [1.54, 1.807) is 25.1 Å². The third-order valence-corrected chi connectivity index (χ3v) is 3.31. The van der Waals surface area contributed by atoms with Crippen molar-refractivity contribution in [3.8, 4) is 6.07 Å². The average Bonchev–Trinajstić information content (AvgIpc) is 3.06. The Balaban J connectivity index is 2.48. The van der Waals surface area contributed by atoms with Gasteiger partial charge < -0.3 is 4.90 Å². The van der Waals surface area contributed by atoms with E-state index in [0.29, 0.717) is 11.3 Å². The predicted molar refractivity (Wildman–Crippen MR) is 66.1 cm³/mol. The lowest BCUT2D eigenvalue weighted by Gasteiger charge is -2.16. The molecular formula is C13H16N4. The van der Waals surface area contributed by atoms with E-state index in [4.69, 9.17) is 10.7 Å². The zero-order chi connectivity index (χ0) is 12.6. The summed E-state index contributed by atoms with van der Waals surface area (Å²) in [6, 6.07) is 5.79. The second kappa shape index (κ2) is 3.85. The maximum Gasteiger partial charge on any atom is 0.147 e. The molecule has 1 N–H and O–H groups in total. The van der Waals surface area contributed by atoms with Gasteiger partial charge >= 0.3 is 0 Å². The summed E-state index contributed by atoms with van der Waals surface area (Å²) in [6.45, 7) is 2.17. The second-order valence-corrected chi connectivity index (χ2v) is 5.01. The van der Waals surface area contributed by atoms with E-state index in [1.165, 1.54) is 0 Å². The largest absolute Gasteiger partial charge is 0.361 e. The van der Waals surface area contributed by atoms with E-state index >= 15 is 0 Å². The molecule has 1 aliphatic carbocycles. The van der Waals surface area contributed by atoms with Crippen LogP contribution in [0.15, 0.2) is 12.1 Å². The van der Waals surface area contributed by atoms with Gasteiger partial charge in [-0.2, -0.15) is 5.26 Å². The maximum atomic E-state index is 9.05. The van der Waals surface area contributed by atoms with Gasteiger partial charge in [-0.25, -0.2) is 4.98 Å². The highest BCUT2D eigenvalue weighted by Crippen LogP contribution is 2.46. The Labute approximate surface area is 101 Å². The molecule has 0 spiro atoms. The van der Waals surface area contributed by atoms with Gasteiger partial charge in [0.05, 0.1) is 5.56 Å². The highest BCUT2D eigenvalue weighted by atomic mass is 15.1. The molecule has 0 aliphatic heterocycles. The first kappa shape index (κ1) is 11.6. The molecular weight excluding hydrogens is 212 g/mol. The minimum Gasteiger partial charge on any atom is -0.361 e. The predicted octanol–water partition coefficient (Wildman–Crippen LogP) is 1.89. The molecule has 1 aliphatic rings. The van der Waals surface area contributed by atoms with E-state index in [-0.39, 0.29) is 11.3 Å². The molecule has 0 unspecified atom stereocenters. The fourth-order valence-electron chi connectivity index (χ4n) is 1.72. The van der Waals surface area contributed by atoms with Gasteiger partial charge in [0.1, 0.15) is 17.6 Å². The highest BCUT2D eigenvalue weighted by Gasteiger charge is 2.40. The first-order valence-electron chi connectivity index (χ1n) is 5.66. The summed E-state index contributed by atoms with van der Waals surface area (Å²) in [5, 5.41) is 17.0. The highest BCUT2D eigenvalue weighted by molar-refractivity contribution is 5.96. The minimum absolute atomic E-state index is 0.162. The van der Waals surface area contributed by atoms with Gasteiger partial charge in [-0.15, -0.1) is 0 Å². The third-order valence-electron chi connectivity index (χ3n) is 3.31. The number of hydrogen-bond donors (Lipinski definition) is 1. The van der Waals surface area contributed by atoms with Crippen molar-refractivity contribution >= 4 is 5.84 Å². The summed E-state index contributed by atoms with van der Waals surface area (Å²) in [5.41, 5.74) is 2.12. The lowest BCUT2D eigenvalue weighted by molar-refractivity contribution is 0.614. The molecule has 1 saturated carbocycles. The standard InChI is InChI=1S/C13H16N4/c1-13(6-7-13)10-5-4-9(8-14)11(16-10)12(15)17(2)3/h4-5,15H,6-7H2,1-3H3. The molecule has 4 heteroatoms. The van der Waals surface area contributed by atoms with Crippen LogP contribution in [0.4, 0.5) is 0 Å². The van der Waals surface area contributed by atoms with Crippen molar-refractivity contribution in [2.75, 3.05) is 14.1 Å². The van der Waals surface area contributed by atoms with Crippen molar-refractivity contribution < 1.29 is 0 Å². The quantitative estimate of drug-likeness (QED) is 0.621. The molecule has 0 radical (unpaired) electrons. The molecule has 2 rings (SSSR count). The first-order valence-corrected chi connectivity index (χ1v) is 5.66. The molecule has 1 fully saturated rings. The van der Waals surface area contributed by atoms with E-state index in [2.05, 4.69) is 18.0 Å². The van der Waals surface area contributed by atoms with Gasteiger partial charge in [-0.05, 0) is 25.0 Å². The molecule has 1 aromatic rings. The van der Waals surface area contributed by atoms with Crippen molar-refractivity contribution in [3.05, 3.63) is 29.1 Å². The normalized spacial score (nSPS) is 16.1. The van der Waals surface area contributed by atoms with Crippen molar-refractivity contribution in [2.24, 2.45) is 0 Å². The smallest absolute Gasteiger partial charge is 0.147 e. The zero-order valence-corrected chi connectivity index (χ0v) is 10.4. The number of pyridine rings is 1. The van der Waals surface area contributed by atoms with E-state index in [9.17, 15) is 0 Å². The molecule has 4 nitrogen and oxygen atoms in total. The number of aromatic nitrogens is 1. The van der Waals surface area contributed by atoms with E-state index in [1.807, 2.05) is 6.07 Å². The number of amidine groups is 1. The van der Waals surface area contributed by atoms with Crippen LogP contribution in [0, 0.1) is 16.7 Å². The van der Waals surface area contributed by atoms with Gasteiger partial charge in [0.25, 0.3) is 0 Å². The van der Waals surface area contributed by atoms with Crippen LogP contribution in [0.2, 0.25) is 0 Å². The van der Waals surface area contributed by atoms with E-state index in [0.717, 1.165) is 18.5 Å². The number of rotatable bonds is 2. The number of nitrogens with one attached hydrogen (secondary N) is 1. The van der Waals surface area contributed by atoms with Crippen LogP contribution in [0.1, 0.15) is 36.7 Å². The third kappa shape index (κ3) is 2.01. The maximum absolute atomic E-state index is 9.05. The Morgan fingerprint density at radius 1 is 1.47 bits per heavy atom. The van der Waals surface area contributed by atoms with Gasteiger partial charge in [0.2, 0.25) is 0 Å².